The van der Waals surface area contributed by atoms with Gasteiger partial charge in [0.25, 0.3) is 0 Å². The third kappa shape index (κ3) is 3.96. The van der Waals surface area contributed by atoms with E-state index in [1.165, 1.54) is 11.3 Å². The lowest BCUT2D eigenvalue weighted by Gasteiger charge is -2.38. The Hall–Kier alpha value is -2.38. The van der Waals surface area contributed by atoms with E-state index in [1.807, 2.05) is 31.2 Å². The van der Waals surface area contributed by atoms with Gasteiger partial charge < -0.3 is 10.1 Å². The number of carbonyl (C=O) groups is 1. The van der Waals surface area contributed by atoms with Gasteiger partial charge in [-0.2, -0.15) is 5.10 Å². The summed E-state index contributed by atoms with van der Waals surface area (Å²) in [6, 6.07) is 7.69. The van der Waals surface area contributed by atoms with Crippen molar-refractivity contribution >= 4 is 5.91 Å². The molecule has 2 aliphatic rings. The molecule has 0 bridgehead atoms. The topological polar surface area (TPSA) is 80.2 Å². The van der Waals surface area contributed by atoms with Gasteiger partial charge in [0.1, 0.15) is 17.4 Å². The van der Waals surface area contributed by atoms with Gasteiger partial charge in [-0.05, 0) is 46.6 Å². The lowest BCUT2D eigenvalue weighted by molar-refractivity contribution is -0.124. The number of fused-ring (bicyclic) bond motifs is 1. The number of hydrogen-bond donors (Lipinski definition) is 3. The molecule has 162 valence electrons. The van der Waals surface area contributed by atoms with E-state index < -0.39 is 0 Å². The van der Waals surface area contributed by atoms with Gasteiger partial charge in [0.05, 0.1) is 17.8 Å². The largest absolute Gasteiger partial charge is 0.487 e. The van der Waals surface area contributed by atoms with E-state index in [0.717, 1.165) is 36.4 Å². The van der Waals surface area contributed by atoms with Gasteiger partial charge in [0.15, 0.2) is 0 Å². The van der Waals surface area contributed by atoms with Crippen LogP contribution in [0.2, 0.25) is 0 Å². The Balaban J connectivity index is 1.46. The molecule has 0 saturated carbocycles. The zero-order valence-corrected chi connectivity index (χ0v) is 18.6. The normalized spacial score (nSPS) is 24.9. The van der Waals surface area contributed by atoms with Crippen LogP contribution in [0.5, 0.6) is 5.75 Å². The first kappa shape index (κ1) is 20.9. The number of hydrazine groups is 1. The summed E-state index contributed by atoms with van der Waals surface area (Å²) in [6.07, 6.45) is 2.48. The van der Waals surface area contributed by atoms with Gasteiger partial charge in [-0.15, -0.1) is 0 Å². The van der Waals surface area contributed by atoms with Crippen molar-refractivity contribution in [1.82, 2.24) is 25.9 Å². The zero-order valence-electron chi connectivity index (χ0n) is 18.6. The predicted molar refractivity (Wildman–Crippen MR) is 116 cm³/mol. The van der Waals surface area contributed by atoms with Crippen molar-refractivity contribution in [3.8, 4) is 5.75 Å². The molecule has 1 aromatic carbocycles. The fraction of sp³-hybridized carbons (Fsp3) is 0.565. The maximum absolute atomic E-state index is 13.1. The van der Waals surface area contributed by atoms with Gasteiger partial charge >= 0.3 is 0 Å². The Morgan fingerprint density at radius 1 is 1.30 bits per heavy atom. The smallest absolute Gasteiger partial charge is 0.239 e. The van der Waals surface area contributed by atoms with Crippen LogP contribution in [0.15, 0.2) is 24.3 Å². The predicted octanol–water partition coefficient (Wildman–Crippen LogP) is 3.24. The van der Waals surface area contributed by atoms with E-state index in [1.54, 1.807) is 0 Å². The second-order valence-corrected chi connectivity index (χ2v) is 9.10. The second-order valence-electron chi connectivity index (χ2n) is 9.10. The second kappa shape index (κ2) is 8.04. The van der Waals surface area contributed by atoms with Crippen molar-refractivity contribution in [3.05, 3.63) is 46.8 Å². The van der Waals surface area contributed by atoms with Crippen molar-refractivity contribution in [2.24, 2.45) is 0 Å². The molecular weight excluding hydrogens is 378 g/mol. The van der Waals surface area contributed by atoms with Crippen LogP contribution in [0.4, 0.5) is 0 Å². The van der Waals surface area contributed by atoms with Gasteiger partial charge in [-0.3, -0.25) is 9.48 Å². The van der Waals surface area contributed by atoms with Crippen molar-refractivity contribution in [1.29, 1.82) is 0 Å². The summed E-state index contributed by atoms with van der Waals surface area (Å²) < 4.78 is 8.16. The number of rotatable bonds is 5. The fourth-order valence-electron chi connectivity index (χ4n) is 4.77. The van der Waals surface area contributed by atoms with Crippen LogP contribution in [0.3, 0.4) is 0 Å². The Morgan fingerprint density at radius 2 is 2.07 bits per heavy atom. The van der Waals surface area contributed by atoms with E-state index in [-0.39, 0.29) is 29.6 Å². The molecule has 0 spiro atoms. The fourth-order valence-corrected chi connectivity index (χ4v) is 4.77. The Kier molecular flexibility index (Phi) is 5.59. The first-order valence-electron chi connectivity index (χ1n) is 10.9. The third-order valence-corrected chi connectivity index (χ3v) is 6.13. The van der Waals surface area contributed by atoms with Crippen molar-refractivity contribution in [3.63, 3.8) is 0 Å². The monoisotopic (exact) mass is 411 g/mol. The molecule has 1 fully saturated rings. The van der Waals surface area contributed by atoms with E-state index in [9.17, 15) is 4.79 Å². The molecule has 30 heavy (non-hydrogen) atoms. The summed E-state index contributed by atoms with van der Waals surface area (Å²) in [7, 11) is 0. The highest BCUT2D eigenvalue weighted by atomic mass is 16.5. The highest BCUT2D eigenvalue weighted by Gasteiger charge is 2.38. The molecule has 3 unspecified atom stereocenters. The summed E-state index contributed by atoms with van der Waals surface area (Å²) in [5.41, 5.74) is 10.7. The maximum Gasteiger partial charge on any atom is 0.239 e. The molecule has 2 aromatic rings. The van der Waals surface area contributed by atoms with Crippen molar-refractivity contribution in [2.45, 2.75) is 84.2 Å². The van der Waals surface area contributed by atoms with E-state index in [0.29, 0.717) is 6.42 Å². The Labute approximate surface area is 178 Å². The lowest BCUT2D eigenvalue weighted by Crippen LogP contribution is -2.47. The molecule has 0 aliphatic carbocycles. The number of nitrogens with one attached hydrogen (secondary N) is 3. The van der Waals surface area contributed by atoms with E-state index in [2.05, 4.69) is 53.6 Å². The average Bonchev–Trinajstić information content (AvgIpc) is 3.26. The number of benzene rings is 1. The van der Waals surface area contributed by atoms with Crippen LogP contribution in [0, 0.1) is 13.8 Å². The highest BCUT2D eigenvalue weighted by Crippen LogP contribution is 2.39. The quantitative estimate of drug-likeness (QED) is 0.704. The molecule has 3 N–H and O–H groups in total. The molecule has 7 heteroatoms. The minimum absolute atomic E-state index is 0.0127. The summed E-state index contributed by atoms with van der Waals surface area (Å²) in [5, 5.41) is 7.94. The minimum Gasteiger partial charge on any atom is -0.487 e. The molecule has 3 atom stereocenters. The number of aromatic nitrogens is 2. The number of amides is 1. The summed E-state index contributed by atoms with van der Waals surface area (Å²) >= 11 is 0. The first-order chi connectivity index (χ1) is 14.3. The number of carbonyl (C=O) groups excluding carboxylic acids is 1. The third-order valence-electron chi connectivity index (χ3n) is 6.13. The van der Waals surface area contributed by atoms with E-state index in [4.69, 9.17) is 4.74 Å². The molecule has 1 amide bonds. The first-order valence-corrected chi connectivity index (χ1v) is 10.9. The lowest BCUT2D eigenvalue weighted by atomic mass is 9.89. The van der Waals surface area contributed by atoms with E-state index >= 15 is 0 Å². The molecule has 7 nitrogen and oxygen atoms in total. The number of aryl methyl sites for hydroxylation is 2. The van der Waals surface area contributed by atoms with Crippen LogP contribution in [0.1, 0.15) is 74.6 Å². The summed E-state index contributed by atoms with van der Waals surface area (Å²) in [6.45, 7) is 11.4. The molecule has 4 rings (SSSR count). The number of nitrogens with zero attached hydrogens (tertiary/aromatic N) is 2. The molecule has 3 heterocycles. The minimum atomic E-state index is -0.321. The molecule has 0 radical (unpaired) electrons. The van der Waals surface area contributed by atoms with Crippen LogP contribution < -0.4 is 20.9 Å². The van der Waals surface area contributed by atoms with Crippen LogP contribution in [0.25, 0.3) is 0 Å². The van der Waals surface area contributed by atoms with Crippen LogP contribution in [-0.2, 0) is 11.3 Å². The van der Waals surface area contributed by atoms with Gasteiger partial charge in [-0.25, -0.2) is 10.9 Å². The Bertz CT molecular complexity index is 936. The average molecular weight is 412 g/mol. The maximum atomic E-state index is 13.1. The Morgan fingerprint density at radius 3 is 2.83 bits per heavy atom. The molecule has 1 saturated heterocycles. The van der Waals surface area contributed by atoms with Crippen molar-refractivity contribution in [2.75, 3.05) is 0 Å². The van der Waals surface area contributed by atoms with Gasteiger partial charge in [0, 0.05) is 29.8 Å². The number of para-hydroxylation sites is 1. The molecular formula is C23H33N5O2. The van der Waals surface area contributed by atoms with Crippen LogP contribution in [-0.4, -0.2) is 27.3 Å². The zero-order chi connectivity index (χ0) is 21.5. The number of hydrogen-bond acceptors (Lipinski definition) is 5. The van der Waals surface area contributed by atoms with Gasteiger partial charge in [0.2, 0.25) is 5.91 Å². The van der Waals surface area contributed by atoms with Crippen molar-refractivity contribution < 1.29 is 9.53 Å². The molecule has 2 aliphatic heterocycles. The van der Waals surface area contributed by atoms with Crippen LogP contribution >= 0.6 is 0 Å². The number of ether oxygens (including phenoxy) is 1. The standard InChI is InChI=1S/C23H33N5O2/c1-6-11-28-15(3)21(14(2)27-28)17-12-18(26-25-17)22(29)24-19-13-23(4,5)30-20-10-8-7-9-16(19)20/h7-10,17-19,25-26H,6,11-13H2,1-5H3,(H,24,29). The molecule has 1 aromatic heterocycles. The highest BCUT2D eigenvalue weighted by molar-refractivity contribution is 5.82. The van der Waals surface area contributed by atoms with Gasteiger partial charge in [-0.1, -0.05) is 25.1 Å². The summed E-state index contributed by atoms with van der Waals surface area (Å²) in [5.74, 6) is 0.864. The SMILES string of the molecule is CCCn1nc(C)c(C2CC(C(=O)NC3CC(C)(C)Oc4ccccc43)NN2)c1C. The summed E-state index contributed by atoms with van der Waals surface area (Å²) in [4.78, 5) is 13.1.